The highest BCUT2D eigenvalue weighted by molar-refractivity contribution is 5.64. The predicted octanol–water partition coefficient (Wildman–Crippen LogP) is -0.429. The fourth-order valence-electron chi connectivity index (χ4n) is 1.83. The molecule has 0 atom stereocenters. The second-order valence-electron chi connectivity index (χ2n) is 3.76. The summed E-state index contributed by atoms with van der Waals surface area (Å²) in [6, 6.07) is 3.81. The molecule has 86 valence electrons. The minimum absolute atomic E-state index is 0.114. The van der Waals surface area contributed by atoms with E-state index in [1.165, 1.54) is 0 Å². The Kier molecular flexibility index (Phi) is 3.36. The van der Waals surface area contributed by atoms with Gasteiger partial charge in [0, 0.05) is 26.2 Å². The number of hydrogen-bond acceptors (Lipinski definition) is 3. The van der Waals surface area contributed by atoms with E-state index in [1.54, 1.807) is 17.8 Å². The summed E-state index contributed by atoms with van der Waals surface area (Å²) in [7, 11) is 1.63. The van der Waals surface area contributed by atoms with Gasteiger partial charge in [0.05, 0.1) is 18.9 Å². The highest BCUT2D eigenvalue weighted by atomic mass is 16.2. The summed E-state index contributed by atoms with van der Waals surface area (Å²) < 4.78 is 1.57. The number of pyridine rings is 1. The van der Waals surface area contributed by atoms with E-state index in [9.17, 15) is 4.79 Å². The van der Waals surface area contributed by atoms with Crippen LogP contribution in [0.5, 0.6) is 0 Å². The van der Waals surface area contributed by atoms with Crippen molar-refractivity contribution in [1.29, 1.82) is 0 Å². The quantitative estimate of drug-likeness (QED) is 0.633. The average Bonchev–Trinajstić information content (AvgIpc) is 2.39. The molecular formula is C11H17N4O+. The Balaban J connectivity index is 2.17. The topological polar surface area (TPSA) is 48.3 Å². The first kappa shape index (κ1) is 10.9. The molecule has 16 heavy (non-hydrogen) atoms. The lowest BCUT2D eigenvalue weighted by Gasteiger charge is -2.28. The number of nitrogens with zero attached hydrogens (tertiary/aromatic N) is 2. The van der Waals surface area contributed by atoms with Crippen molar-refractivity contribution in [1.82, 2.24) is 10.6 Å². The number of aromatic nitrogens is 1. The standard InChI is InChI=1S/C11H16N4O/c1-12-11(16)15-6-2-3-10(9-15)14-7-4-13-5-8-14/h2-3,6,9,13H,4-5,7-8H2,1H3/p+1. The third-order valence-corrected chi connectivity index (χ3v) is 2.72. The van der Waals surface area contributed by atoms with Gasteiger partial charge in [-0.3, -0.25) is 0 Å². The summed E-state index contributed by atoms with van der Waals surface area (Å²) in [5.74, 6) is 0. The van der Waals surface area contributed by atoms with Crippen LogP contribution in [0.3, 0.4) is 0 Å². The molecule has 1 aromatic rings. The molecule has 1 saturated heterocycles. The highest BCUT2D eigenvalue weighted by Gasteiger charge is 2.14. The molecule has 1 amide bonds. The maximum Gasteiger partial charge on any atom is 0.495 e. The molecule has 2 heterocycles. The van der Waals surface area contributed by atoms with Gasteiger partial charge >= 0.3 is 6.03 Å². The SMILES string of the molecule is CNC(=O)[n+]1cccc(N2CCNCC2)c1. The Labute approximate surface area is 95.1 Å². The van der Waals surface area contributed by atoms with Crippen LogP contribution in [0, 0.1) is 0 Å². The number of nitrogens with one attached hydrogen (secondary N) is 2. The van der Waals surface area contributed by atoms with E-state index in [1.807, 2.05) is 18.3 Å². The number of hydrogen-bond donors (Lipinski definition) is 2. The summed E-state index contributed by atoms with van der Waals surface area (Å²) in [5.41, 5.74) is 1.09. The monoisotopic (exact) mass is 221 g/mol. The molecule has 5 heteroatoms. The minimum atomic E-state index is -0.114. The van der Waals surface area contributed by atoms with Crippen LogP contribution < -0.4 is 20.1 Å². The Bertz CT molecular complexity index is 374. The van der Waals surface area contributed by atoms with E-state index in [-0.39, 0.29) is 6.03 Å². The number of carbonyl (C=O) groups excluding carboxylic acids is 1. The Hall–Kier alpha value is -1.62. The van der Waals surface area contributed by atoms with Crippen molar-refractivity contribution in [2.45, 2.75) is 0 Å². The van der Waals surface area contributed by atoms with Crippen molar-refractivity contribution in [2.75, 3.05) is 38.1 Å². The van der Waals surface area contributed by atoms with Gasteiger partial charge in [0.2, 0.25) is 0 Å². The van der Waals surface area contributed by atoms with Crippen LogP contribution in [-0.4, -0.2) is 39.3 Å². The summed E-state index contributed by atoms with van der Waals surface area (Å²) >= 11 is 0. The largest absolute Gasteiger partial charge is 0.495 e. The molecule has 1 aromatic heterocycles. The van der Waals surface area contributed by atoms with E-state index in [0.29, 0.717) is 0 Å². The molecule has 0 spiro atoms. The molecule has 0 unspecified atom stereocenters. The number of amides is 1. The van der Waals surface area contributed by atoms with E-state index in [2.05, 4.69) is 15.5 Å². The van der Waals surface area contributed by atoms with E-state index < -0.39 is 0 Å². The second kappa shape index (κ2) is 4.94. The summed E-state index contributed by atoms with van der Waals surface area (Å²) in [6.45, 7) is 3.96. The highest BCUT2D eigenvalue weighted by Crippen LogP contribution is 2.10. The van der Waals surface area contributed by atoms with Gasteiger partial charge < -0.3 is 10.2 Å². The zero-order valence-corrected chi connectivity index (χ0v) is 9.44. The van der Waals surface area contributed by atoms with Gasteiger partial charge in [-0.2, -0.15) is 9.36 Å². The van der Waals surface area contributed by atoms with Gasteiger partial charge in [0.1, 0.15) is 6.20 Å². The first-order valence-corrected chi connectivity index (χ1v) is 5.50. The second-order valence-corrected chi connectivity index (χ2v) is 3.76. The van der Waals surface area contributed by atoms with Crippen LogP contribution in [-0.2, 0) is 0 Å². The normalized spacial score (nSPS) is 15.9. The lowest BCUT2D eigenvalue weighted by Crippen LogP contribution is -2.50. The van der Waals surface area contributed by atoms with Crippen LogP contribution in [0.2, 0.25) is 0 Å². The van der Waals surface area contributed by atoms with E-state index >= 15 is 0 Å². The molecule has 0 aromatic carbocycles. The lowest BCUT2D eigenvalue weighted by atomic mass is 10.3. The summed E-state index contributed by atoms with van der Waals surface area (Å²) in [5, 5.41) is 5.91. The van der Waals surface area contributed by atoms with Crippen molar-refractivity contribution >= 4 is 11.7 Å². The van der Waals surface area contributed by atoms with E-state index in [4.69, 9.17) is 0 Å². The summed E-state index contributed by atoms with van der Waals surface area (Å²) in [4.78, 5) is 13.7. The lowest BCUT2D eigenvalue weighted by molar-refractivity contribution is -0.571. The maximum atomic E-state index is 11.5. The van der Waals surface area contributed by atoms with Crippen LogP contribution in [0.15, 0.2) is 24.5 Å². The Morgan fingerprint density at radius 1 is 1.50 bits per heavy atom. The van der Waals surface area contributed by atoms with Crippen molar-refractivity contribution in [2.24, 2.45) is 0 Å². The molecule has 0 radical (unpaired) electrons. The fraction of sp³-hybridized carbons (Fsp3) is 0.455. The van der Waals surface area contributed by atoms with Gasteiger partial charge in [0.25, 0.3) is 0 Å². The van der Waals surface area contributed by atoms with Crippen molar-refractivity contribution < 1.29 is 9.36 Å². The molecular weight excluding hydrogens is 204 g/mol. The number of carbonyl (C=O) groups is 1. The maximum absolute atomic E-state index is 11.5. The van der Waals surface area contributed by atoms with Crippen LogP contribution >= 0.6 is 0 Å². The zero-order valence-electron chi connectivity index (χ0n) is 9.44. The first-order chi connectivity index (χ1) is 7.81. The molecule has 0 aliphatic carbocycles. The van der Waals surface area contributed by atoms with Gasteiger partial charge in [-0.25, -0.2) is 5.32 Å². The molecule has 1 fully saturated rings. The van der Waals surface area contributed by atoms with E-state index in [0.717, 1.165) is 31.9 Å². The summed E-state index contributed by atoms with van der Waals surface area (Å²) in [6.07, 6.45) is 3.62. The number of anilines is 1. The fourth-order valence-corrected chi connectivity index (χ4v) is 1.83. The number of rotatable bonds is 1. The van der Waals surface area contributed by atoms with Crippen molar-refractivity contribution in [3.05, 3.63) is 24.5 Å². The van der Waals surface area contributed by atoms with Crippen LogP contribution in [0.4, 0.5) is 10.5 Å². The average molecular weight is 221 g/mol. The number of piperazine rings is 1. The third kappa shape index (κ3) is 2.30. The molecule has 2 rings (SSSR count). The van der Waals surface area contributed by atoms with Gasteiger partial charge in [-0.05, 0) is 12.1 Å². The first-order valence-electron chi connectivity index (χ1n) is 5.50. The molecule has 2 N–H and O–H groups in total. The zero-order chi connectivity index (χ0) is 11.4. The van der Waals surface area contributed by atoms with Gasteiger partial charge in [-0.15, -0.1) is 0 Å². The molecule has 1 aliphatic heterocycles. The van der Waals surface area contributed by atoms with Gasteiger partial charge in [-0.1, -0.05) is 0 Å². The molecule has 5 nitrogen and oxygen atoms in total. The van der Waals surface area contributed by atoms with Crippen LogP contribution in [0.25, 0.3) is 0 Å². The van der Waals surface area contributed by atoms with Crippen molar-refractivity contribution in [3.63, 3.8) is 0 Å². The van der Waals surface area contributed by atoms with Crippen LogP contribution in [0.1, 0.15) is 0 Å². The minimum Gasteiger partial charge on any atom is -0.366 e. The molecule has 1 aliphatic rings. The Morgan fingerprint density at radius 2 is 2.25 bits per heavy atom. The predicted molar refractivity (Wildman–Crippen MR) is 61.6 cm³/mol. The molecule has 0 bridgehead atoms. The molecule has 0 saturated carbocycles. The third-order valence-electron chi connectivity index (χ3n) is 2.72. The van der Waals surface area contributed by atoms with Gasteiger partial charge in [0.15, 0.2) is 0 Å². The van der Waals surface area contributed by atoms with Crippen molar-refractivity contribution in [3.8, 4) is 0 Å². The smallest absolute Gasteiger partial charge is 0.366 e. The Morgan fingerprint density at radius 3 is 2.94 bits per heavy atom.